The molecule has 2 N–H and O–H groups in total. The van der Waals surface area contributed by atoms with E-state index in [1.165, 1.54) is 0 Å². The van der Waals surface area contributed by atoms with E-state index in [-0.39, 0.29) is 5.28 Å². The molecule has 0 atom stereocenters. The monoisotopic (exact) mass is 257 g/mol. The molecule has 1 aromatic heterocycles. The number of hydrogen-bond donors (Lipinski definition) is 2. The molecule has 2 rings (SSSR count). The molecule has 1 saturated heterocycles. The molecule has 17 heavy (non-hydrogen) atoms. The van der Waals surface area contributed by atoms with Crippen molar-refractivity contribution in [2.45, 2.75) is 0 Å². The van der Waals surface area contributed by atoms with E-state index in [0.717, 1.165) is 24.6 Å². The van der Waals surface area contributed by atoms with Crippen molar-refractivity contribution in [2.24, 2.45) is 0 Å². The Morgan fingerprint density at radius 2 is 1.88 bits per heavy atom. The normalized spacial score (nSPS) is 15.8. The zero-order valence-electron chi connectivity index (χ0n) is 9.96. The zero-order chi connectivity index (χ0) is 12.3. The Balaban J connectivity index is 2.39. The first-order valence-electron chi connectivity index (χ1n) is 5.52. The van der Waals surface area contributed by atoms with Crippen molar-refractivity contribution >= 4 is 28.9 Å². The molecular weight excluding hydrogens is 242 g/mol. The third-order valence-corrected chi connectivity index (χ3v) is 2.83. The van der Waals surface area contributed by atoms with Crippen molar-refractivity contribution in [3.63, 3.8) is 0 Å². The van der Waals surface area contributed by atoms with E-state index < -0.39 is 0 Å². The van der Waals surface area contributed by atoms with Gasteiger partial charge in [0, 0.05) is 27.2 Å². The van der Waals surface area contributed by atoms with E-state index in [1.807, 2.05) is 14.1 Å². The van der Waals surface area contributed by atoms with E-state index in [1.54, 1.807) is 0 Å². The topological polar surface area (TPSA) is 62.3 Å². The van der Waals surface area contributed by atoms with Gasteiger partial charge in [0.05, 0.1) is 13.2 Å². The van der Waals surface area contributed by atoms with Crippen LogP contribution in [-0.2, 0) is 4.74 Å². The highest BCUT2D eigenvalue weighted by molar-refractivity contribution is 6.28. The first-order chi connectivity index (χ1) is 8.26. The number of rotatable bonds is 3. The lowest BCUT2D eigenvalue weighted by Gasteiger charge is -2.29. The van der Waals surface area contributed by atoms with Crippen LogP contribution < -0.4 is 15.5 Å². The third-order valence-electron chi connectivity index (χ3n) is 2.66. The summed E-state index contributed by atoms with van der Waals surface area (Å²) in [6.07, 6.45) is 0. The molecule has 0 aliphatic carbocycles. The summed E-state index contributed by atoms with van der Waals surface area (Å²) in [6, 6.07) is 0. The van der Waals surface area contributed by atoms with Gasteiger partial charge in [-0.2, -0.15) is 9.97 Å². The molecule has 0 aromatic carbocycles. The molecule has 7 heteroatoms. The molecule has 0 spiro atoms. The molecule has 1 aromatic rings. The summed E-state index contributed by atoms with van der Waals surface area (Å²) < 4.78 is 5.33. The molecule has 0 saturated carbocycles. The van der Waals surface area contributed by atoms with E-state index in [4.69, 9.17) is 16.3 Å². The average molecular weight is 258 g/mol. The largest absolute Gasteiger partial charge is 0.382 e. The Bertz CT molecular complexity index is 395. The van der Waals surface area contributed by atoms with Crippen LogP contribution in [-0.4, -0.2) is 50.4 Å². The number of nitrogens with zero attached hydrogens (tertiary/aromatic N) is 3. The maximum atomic E-state index is 5.93. The van der Waals surface area contributed by atoms with Crippen LogP contribution in [0.15, 0.2) is 0 Å². The number of aromatic nitrogens is 2. The van der Waals surface area contributed by atoms with Gasteiger partial charge in [-0.05, 0) is 11.6 Å². The van der Waals surface area contributed by atoms with Crippen molar-refractivity contribution in [1.82, 2.24) is 9.97 Å². The number of anilines is 3. The second-order valence-corrected chi connectivity index (χ2v) is 3.98. The van der Waals surface area contributed by atoms with Gasteiger partial charge in [0.2, 0.25) is 5.28 Å². The van der Waals surface area contributed by atoms with E-state index in [0.29, 0.717) is 19.0 Å². The molecule has 94 valence electrons. The second kappa shape index (κ2) is 5.37. The molecular formula is C10H16ClN5O. The van der Waals surface area contributed by atoms with Gasteiger partial charge >= 0.3 is 0 Å². The van der Waals surface area contributed by atoms with Crippen molar-refractivity contribution in [3.8, 4) is 0 Å². The van der Waals surface area contributed by atoms with Crippen molar-refractivity contribution in [1.29, 1.82) is 0 Å². The van der Waals surface area contributed by atoms with Crippen LogP contribution in [0, 0.1) is 0 Å². The fourth-order valence-electron chi connectivity index (χ4n) is 1.84. The fraction of sp³-hybridized carbons (Fsp3) is 0.600. The number of halogens is 1. The van der Waals surface area contributed by atoms with Gasteiger partial charge in [0.15, 0.2) is 11.6 Å². The predicted molar refractivity (Wildman–Crippen MR) is 69.2 cm³/mol. The lowest BCUT2D eigenvalue weighted by molar-refractivity contribution is 0.122. The summed E-state index contributed by atoms with van der Waals surface area (Å²) in [6.45, 7) is 3.04. The van der Waals surface area contributed by atoms with E-state index in [9.17, 15) is 0 Å². The number of hydrogen-bond acceptors (Lipinski definition) is 6. The first-order valence-corrected chi connectivity index (χ1v) is 5.89. The molecule has 1 fully saturated rings. The Kier molecular flexibility index (Phi) is 3.86. The first kappa shape index (κ1) is 12.2. The number of morpholine rings is 1. The zero-order valence-corrected chi connectivity index (χ0v) is 10.7. The summed E-state index contributed by atoms with van der Waals surface area (Å²) in [5.74, 6) is 1.52. The summed E-state index contributed by atoms with van der Waals surface area (Å²) in [5, 5.41) is 6.37. The van der Waals surface area contributed by atoms with Crippen LogP contribution in [0.5, 0.6) is 0 Å². The lowest BCUT2D eigenvalue weighted by atomic mass is 10.3. The molecule has 0 unspecified atom stereocenters. The average Bonchev–Trinajstić information content (AvgIpc) is 2.38. The SMILES string of the molecule is CNc1nc(Cl)nc(N2CCOCC2)c1NC. The molecule has 6 nitrogen and oxygen atoms in total. The fourth-order valence-corrected chi connectivity index (χ4v) is 2.00. The number of nitrogens with one attached hydrogen (secondary N) is 2. The van der Waals surface area contributed by atoms with Gasteiger partial charge in [-0.3, -0.25) is 0 Å². The minimum Gasteiger partial charge on any atom is -0.382 e. The minimum atomic E-state index is 0.245. The van der Waals surface area contributed by atoms with Crippen LogP contribution in [0.1, 0.15) is 0 Å². The van der Waals surface area contributed by atoms with E-state index in [2.05, 4.69) is 25.5 Å². The second-order valence-electron chi connectivity index (χ2n) is 3.64. The van der Waals surface area contributed by atoms with Gasteiger partial charge in [-0.1, -0.05) is 0 Å². The Morgan fingerprint density at radius 3 is 2.47 bits per heavy atom. The summed E-state index contributed by atoms with van der Waals surface area (Å²) in [5.41, 5.74) is 0.860. The van der Waals surface area contributed by atoms with Gasteiger partial charge in [0.1, 0.15) is 5.69 Å². The van der Waals surface area contributed by atoms with Crippen LogP contribution in [0.2, 0.25) is 5.28 Å². The Labute approximate surface area is 105 Å². The maximum Gasteiger partial charge on any atom is 0.226 e. The standard InChI is InChI=1S/C10H16ClN5O/c1-12-7-8(13-2)14-10(11)15-9(7)16-3-5-17-6-4-16/h12H,3-6H2,1-2H3,(H,13,14,15). The van der Waals surface area contributed by atoms with Gasteiger partial charge in [-0.25, -0.2) is 0 Å². The third kappa shape index (κ3) is 2.53. The van der Waals surface area contributed by atoms with Crippen LogP contribution in [0.4, 0.5) is 17.3 Å². The minimum absolute atomic E-state index is 0.245. The van der Waals surface area contributed by atoms with Gasteiger partial charge in [0.25, 0.3) is 0 Å². The molecule has 0 amide bonds. The highest BCUT2D eigenvalue weighted by Gasteiger charge is 2.19. The van der Waals surface area contributed by atoms with Crippen molar-refractivity contribution < 1.29 is 4.74 Å². The molecule has 1 aliphatic heterocycles. The van der Waals surface area contributed by atoms with Crippen LogP contribution >= 0.6 is 11.6 Å². The van der Waals surface area contributed by atoms with Crippen molar-refractivity contribution in [2.75, 3.05) is 55.9 Å². The number of ether oxygens (including phenoxy) is 1. The smallest absolute Gasteiger partial charge is 0.226 e. The van der Waals surface area contributed by atoms with E-state index >= 15 is 0 Å². The lowest BCUT2D eigenvalue weighted by Crippen LogP contribution is -2.37. The van der Waals surface area contributed by atoms with Gasteiger partial charge in [-0.15, -0.1) is 0 Å². The molecule has 0 radical (unpaired) electrons. The molecule has 2 heterocycles. The van der Waals surface area contributed by atoms with Gasteiger partial charge < -0.3 is 20.3 Å². The highest BCUT2D eigenvalue weighted by Crippen LogP contribution is 2.31. The Morgan fingerprint density at radius 1 is 1.18 bits per heavy atom. The van der Waals surface area contributed by atoms with Crippen molar-refractivity contribution in [3.05, 3.63) is 5.28 Å². The summed E-state index contributed by atoms with van der Waals surface area (Å²) >= 11 is 5.93. The Hall–Kier alpha value is -1.27. The predicted octanol–water partition coefficient (Wildman–Crippen LogP) is 1.05. The van der Waals surface area contributed by atoms with Crippen LogP contribution in [0.3, 0.4) is 0 Å². The van der Waals surface area contributed by atoms with Crippen LogP contribution in [0.25, 0.3) is 0 Å². The quantitative estimate of drug-likeness (QED) is 0.790. The summed E-state index contributed by atoms with van der Waals surface area (Å²) in [7, 11) is 3.65. The molecule has 1 aliphatic rings. The maximum absolute atomic E-state index is 5.93. The summed E-state index contributed by atoms with van der Waals surface area (Å²) in [4.78, 5) is 10.6. The molecule has 0 bridgehead atoms. The highest BCUT2D eigenvalue weighted by atomic mass is 35.5.